The minimum atomic E-state index is -0.364. The van der Waals surface area contributed by atoms with Gasteiger partial charge in [-0.25, -0.2) is 0 Å². The second kappa shape index (κ2) is 7.60. The summed E-state index contributed by atoms with van der Waals surface area (Å²) >= 11 is 0. The normalized spacial score (nSPS) is 16.8. The molecule has 3 rings (SSSR count). The van der Waals surface area contributed by atoms with Crippen LogP contribution in [0.1, 0.15) is 31.7 Å². The van der Waals surface area contributed by atoms with Crippen molar-refractivity contribution in [1.82, 2.24) is 0 Å². The van der Waals surface area contributed by atoms with Crippen molar-refractivity contribution in [1.29, 1.82) is 0 Å². The Morgan fingerprint density at radius 2 is 1.96 bits per heavy atom. The second-order valence-electron chi connectivity index (χ2n) is 6.88. The Kier molecular flexibility index (Phi) is 5.26. The SMILES string of the molecule is COc1cccc(N2CC(C(=O)Nc3cccc(C(C)C)c3)CC2=O)c1. The largest absolute Gasteiger partial charge is 0.497 e. The predicted octanol–water partition coefficient (Wildman–Crippen LogP) is 3.81. The molecule has 0 saturated carbocycles. The van der Waals surface area contributed by atoms with Gasteiger partial charge in [0.25, 0.3) is 0 Å². The van der Waals surface area contributed by atoms with E-state index in [4.69, 9.17) is 4.74 Å². The molecule has 1 N–H and O–H groups in total. The minimum Gasteiger partial charge on any atom is -0.497 e. The molecule has 5 nitrogen and oxygen atoms in total. The van der Waals surface area contributed by atoms with E-state index in [9.17, 15) is 9.59 Å². The second-order valence-corrected chi connectivity index (χ2v) is 6.88. The highest BCUT2D eigenvalue weighted by Gasteiger charge is 2.35. The van der Waals surface area contributed by atoms with E-state index in [1.807, 2.05) is 48.5 Å². The first kappa shape index (κ1) is 18.0. The highest BCUT2D eigenvalue weighted by Crippen LogP contribution is 2.28. The fourth-order valence-corrected chi connectivity index (χ4v) is 3.13. The number of hydrogen-bond donors (Lipinski definition) is 1. The van der Waals surface area contributed by atoms with Gasteiger partial charge >= 0.3 is 0 Å². The molecule has 136 valence electrons. The average Bonchev–Trinajstić information content (AvgIpc) is 3.04. The topological polar surface area (TPSA) is 58.6 Å². The van der Waals surface area contributed by atoms with Crippen molar-refractivity contribution in [3.05, 3.63) is 54.1 Å². The van der Waals surface area contributed by atoms with Gasteiger partial charge in [-0.05, 0) is 35.7 Å². The van der Waals surface area contributed by atoms with Crippen LogP contribution in [0.2, 0.25) is 0 Å². The molecule has 2 amide bonds. The van der Waals surface area contributed by atoms with Crippen LogP contribution in [0.3, 0.4) is 0 Å². The summed E-state index contributed by atoms with van der Waals surface area (Å²) in [6.45, 7) is 4.60. The summed E-state index contributed by atoms with van der Waals surface area (Å²) in [5.74, 6) is 0.549. The van der Waals surface area contributed by atoms with Crippen LogP contribution in [0.15, 0.2) is 48.5 Å². The maximum atomic E-state index is 12.6. The summed E-state index contributed by atoms with van der Waals surface area (Å²) in [7, 11) is 1.59. The number of hydrogen-bond acceptors (Lipinski definition) is 3. The highest BCUT2D eigenvalue weighted by molar-refractivity contribution is 6.03. The zero-order valence-corrected chi connectivity index (χ0v) is 15.4. The van der Waals surface area contributed by atoms with E-state index in [1.165, 1.54) is 5.56 Å². The Morgan fingerprint density at radius 1 is 1.19 bits per heavy atom. The van der Waals surface area contributed by atoms with E-state index < -0.39 is 0 Å². The van der Waals surface area contributed by atoms with Gasteiger partial charge in [0, 0.05) is 30.4 Å². The quantitative estimate of drug-likeness (QED) is 0.890. The van der Waals surface area contributed by atoms with Crippen LogP contribution in [-0.4, -0.2) is 25.5 Å². The number of carbonyl (C=O) groups is 2. The van der Waals surface area contributed by atoms with Crippen LogP contribution in [0.25, 0.3) is 0 Å². The van der Waals surface area contributed by atoms with Crippen molar-refractivity contribution in [3.8, 4) is 5.75 Å². The maximum absolute atomic E-state index is 12.6. The maximum Gasteiger partial charge on any atom is 0.229 e. The van der Waals surface area contributed by atoms with Crippen LogP contribution in [0.5, 0.6) is 5.75 Å². The van der Waals surface area contributed by atoms with Gasteiger partial charge in [0.05, 0.1) is 13.0 Å². The molecule has 1 aliphatic rings. The number of nitrogens with zero attached hydrogens (tertiary/aromatic N) is 1. The third-order valence-electron chi connectivity index (χ3n) is 4.68. The molecule has 0 bridgehead atoms. The molecular weight excluding hydrogens is 328 g/mol. The fraction of sp³-hybridized carbons (Fsp3) is 0.333. The Hall–Kier alpha value is -2.82. The van der Waals surface area contributed by atoms with E-state index in [-0.39, 0.29) is 24.2 Å². The van der Waals surface area contributed by atoms with Crippen molar-refractivity contribution in [2.45, 2.75) is 26.2 Å². The first-order valence-corrected chi connectivity index (χ1v) is 8.83. The van der Waals surface area contributed by atoms with E-state index in [0.717, 1.165) is 11.4 Å². The number of amides is 2. The van der Waals surface area contributed by atoms with Crippen molar-refractivity contribution >= 4 is 23.2 Å². The number of carbonyl (C=O) groups excluding carboxylic acids is 2. The Balaban J connectivity index is 1.70. The molecule has 1 fully saturated rings. The summed E-state index contributed by atoms with van der Waals surface area (Å²) in [4.78, 5) is 26.7. The standard InChI is InChI=1S/C21H24N2O3/c1-14(2)15-6-4-7-17(10-15)22-21(25)16-11-20(24)23(13-16)18-8-5-9-19(12-18)26-3/h4-10,12,14,16H,11,13H2,1-3H3,(H,22,25). The Morgan fingerprint density at radius 3 is 2.69 bits per heavy atom. The zero-order chi connectivity index (χ0) is 18.7. The minimum absolute atomic E-state index is 0.0469. The molecule has 5 heteroatoms. The molecule has 0 aromatic heterocycles. The van der Waals surface area contributed by atoms with Crippen LogP contribution in [-0.2, 0) is 9.59 Å². The molecular formula is C21H24N2O3. The third-order valence-corrected chi connectivity index (χ3v) is 4.68. The molecule has 0 aliphatic carbocycles. The van der Waals surface area contributed by atoms with Crippen molar-refractivity contribution in [3.63, 3.8) is 0 Å². The lowest BCUT2D eigenvalue weighted by atomic mass is 10.0. The summed E-state index contributed by atoms with van der Waals surface area (Å²) in [6.07, 6.45) is 0.215. The first-order chi connectivity index (χ1) is 12.5. The van der Waals surface area contributed by atoms with Crippen LogP contribution >= 0.6 is 0 Å². The Bertz CT molecular complexity index is 816. The zero-order valence-electron chi connectivity index (χ0n) is 15.4. The molecule has 1 aliphatic heterocycles. The highest BCUT2D eigenvalue weighted by atomic mass is 16.5. The number of rotatable bonds is 5. The van der Waals surface area contributed by atoms with Gasteiger partial charge in [-0.3, -0.25) is 9.59 Å². The molecule has 1 unspecified atom stereocenters. The monoisotopic (exact) mass is 352 g/mol. The van der Waals surface area contributed by atoms with Gasteiger partial charge in [0.2, 0.25) is 11.8 Å². The summed E-state index contributed by atoms with van der Waals surface area (Å²) in [6, 6.07) is 15.2. The van der Waals surface area contributed by atoms with Gasteiger partial charge < -0.3 is 15.0 Å². The number of ether oxygens (including phenoxy) is 1. The molecule has 1 saturated heterocycles. The molecule has 2 aromatic carbocycles. The van der Waals surface area contributed by atoms with E-state index in [1.54, 1.807) is 12.0 Å². The summed E-state index contributed by atoms with van der Waals surface area (Å²) in [5.41, 5.74) is 2.70. The first-order valence-electron chi connectivity index (χ1n) is 8.83. The fourth-order valence-electron chi connectivity index (χ4n) is 3.13. The average molecular weight is 352 g/mol. The van der Waals surface area contributed by atoms with Crippen LogP contribution in [0.4, 0.5) is 11.4 Å². The van der Waals surface area contributed by atoms with Gasteiger partial charge in [-0.15, -0.1) is 0 Å². The lowest BCUT2D eigenvalue weighted by Gasteiger charge is -2.17. The van der Waals surface area contributed by atoms with Gasteiger partial charge in [-0.2, -0.15) is 0 Å². The number of benzene rings is 2. The molecule has 0 radical (unpaired) electrons. The lowest BCUT2D eigenvalue weighted by Crippen LogP contribution is -2.28. The van der Waals surface area contributed by atoms with Crippen molar-refractivity contribution in [2.75, 3.05) is 23.9 Å². The number of nitrogens with one attached hydrogen (secondary N) is 1. The van der Waals surface area contributed by atoms with E-state index in [2.05, 4.69) is 19.2 Å². The summed E-state index contributed by atoms with van der Waals surface area (Å²) in [5, 5.41) is 2.95. The lowest BCUT2D eigenvalue weighted by molar-refractivity contribution is -0.122. The molecule has 26 heavy (non-hydrogen) atoms. The molecule has 1 atom stereocenters. The third kappa shape index (κ3) is 3.87. The number of anilines is 2. The van der Waals surface area contributed by atoms with Gasteiger partial charge in [0.1, 0.15) is 5.75 Å². The van der Waals surface area contributed by atoms with Crippen LogP contribution < -0.4 is 15.0 Å². The van der Waals surface area contributed by atoms with Gasteiger partial charge in [0.15, 0.2) is 0 Å². The molecule has 2 aromatic rings. The van der Waals surface area contributed by atoms with Crippen molar-refractivity contribution < 1.29 is 14.3 Å². The van der Waals surface area contributed by atoms with E-state index >= 15 is 0 Å². The Labute approximate surface area is 154 Å². The van der Waals surface area contributed by atoms with Gasteiger partial charge in [-0.1, -0.05) is 32.0 Å². The molecule has 0 spiro atoms. The summed E-state index contributed by atoms with van der Waals surface area (Å²) < 4.78 is 5.22. The van der Waals surface area contributed by atoms with E-state index in [0.29, 0.717) is 18.2 Å². The van der Waals surface area contributed by atoms with Crippen LogP contribution in [0, 0.1) is 5.92 Å². The van der Waals surface area contributed by atoms with Crippen molar-refractivity contribution in [2.24, 2.45) is 5.92 Å². The predicted molar refractivity (Wildman–Crippen MR) is 103 cm³/mol. The number of methoxy groups -OCH3 is 1. The smallest absolute Gasteiger partial charge is 0.229 e. The molecule has 1 heterocycles.